The number of carbonyl (C=O) groups excluding carboxylic acids is 1. The molecule has 5 heteroatoms. The zero-order valence-electron chi connectivity index (χ0n) is 8.60. The van der Waals surface area contributed by atoms with Crippen LogP contribution in [0.2, 0.25) is 5.02 Å². The highest BCUT2D eigenvalue weighted by molar-refractivity contribution is 6.31. The van der Waals surface area contributed by atoms with Gasteiger partial charge in [0.15, 0.2) is 0 Å². The molecule has 0 atom stereocenters. The smallest absolute Gasteiger partial charge is 0.251 e. The summed E-state index contributed by atoms with van der Waals surface area (Å²) in [5, 5.41) is 2.65. The molecule has 0 aliphatic carbocycles. The molecule has 0 aliphatic rings. The third kappa shape index (κ3) is 3.99. The Bertz CT molecular complexity index is 371. The van der Waals surface area contributed by atoms with Crippen LogP contribution in [-0.4, -0.2) is 18.3 Å². The van der Waals surface area contributed by atoms with Gasteiger partial charge < -0.3 is 5.32 Å². The van der Waals surface area contributed by atoms with Crippen molar-refractivity contribution in [1.29, 1.82) is 0 Å². The summed E-state index contributed by atoms with van der Waals surface area (Å²) in [5.41, 5.74) is 0.359. The minimum absolute atomic E-state index is 0.0478. The lowest BCUT2D eigenvalue weighted by molar-refractivity contribution is 0.0953. The van der Waals surface area contributed by atoms with Crippen molar-refractivity contribution < 1.29 is 9.18 Å². The molecular formula is C11H12Cl2FNO. The van der Waals surface area contributed by atoms with Crippen LogP contribution in [-0.2, 0) is 0 Å². The molecule has 1 rings (SSSR count). The van der Waals surface area contributed by atoms with E-state index in [4.69, 9.17) is 23.2 Å². The van der Waals surface area contributed by atoms with Crippen molar-refractivity contribution in [2.45, 2.75) is 12.8 Å². The zero-order valence-corrected chi connectivity index (χ0v) is 10.1. The number of nitrogens with one attached hydrogen (secondary N) is 1. The van der Waals surface area contributed by atoms with Gasteiger partial charge in [0.1, 0.15) is 5.82 Å². The first-order valence-electron chi connectivity index (χ1n) is 4.94. The largest absolute Gasteiger partial charge is 0.352 e. The minimum atomic E-state index is -0.527. The fourth-order valence-electron chi connectivity index (χ4n) is 1.16. The molecule has 2 nitrogen and oxygen atoms in total. The number of halogens is 3. The number of hydrogen-bond acceptors (Lipinski definition) is 1. The van der Waals surface area contributed by atoms with Gasteiger partial charge in [-0.2, -0.15) is 0 Å². The van der Waals surface area contributed by atoms with Crippen LogP contribution in [0.5, 0.6) is 0 Å². The van der Waals surface area contributed by atoms with Crippen LogP contribution in [0.25, 0.3) is 0 Å². The summed E-state index contributed by atoms with van der Waals surface area (Å²) in [6, 6.07) is 3.89. The molecule has 1 aromatic rings. The molecule has 0 fully saturated rings. The quantitative estimate of drug-likeness (QED) is 0.642. The van der Waals surface area contributed by atoms with Crippen LogP contribution in [0, 0.1) is 5.82 Å². The molecule has 0 bridgehead atoms. The fourth-order valence-corrected chi connectivity index (χ4v) is 1.53. The van der Waals surface area contributed by atoms with Crippen LogP contribution in [0.4, 0.5) is 4.39 Å². The maximum atomic E-state index is 12.8. The first kappa shape index (κ1) is 13.3. The Balaban J connectivity index is 2.50. The predicted molar refractivity (Wildman–Crippen MR) is 63.7 cm³/mol. The lowest BCUT2D eigenvalue weighted by atomic mass is 10.2. The second-order valence-electron chi connectivity index (χ2n) is 3.28. The Labute approximate surface area is 104 Å². The topological polar surface area (TPSA) is 29.1 Å². The Morgan fingerprint density at radius 2 is 2.12 bits per heavy atom. The van der Waals surface area contributed by atoms with Gasteiger partial charge in [-0.05, 0) is 31.0 Å². The number of alkyl halides is 1. The molecular weight excluding hydrogens is 252 g/mol. The molecule has 0 unspecified atom stereocenters. The number of carbonyl (C=O) groups is 1. The molecule has 1 amide bonds. The second kappa shape index (κ2) is 6.71. The van der Waals surface area contributed by atoms with E-state index in [9.17, 15) is 9.18 Å². The molecule has 0 radical (unpaired) electrons. The van der Waals surface area contributed by atoms with Crippen LogP contribution >= 0.6 is 23.2 Å². The van der Waals surface area contributed by atoms with Gasteiger partial charge in [-0.1, -0.05) is 11.6 Å². The molecule has 0 saturated heterocycles. The van der Waals surface area contributed by atoms with Crippen molar-refractivity contribution >= 4 is 29.1 Å². The van der Waals surface area contributed by atoms with E-state index in [1.165, 1.54) is 18.2 Å². The predicted octanol–water partition coefficient (Wildman–Crippen LogP) is 3.23. The number of benzene rings is 1. The summed E-state index contributed by atoms with van der Waals surface area (Å²) in [6.07, 6.45) is 1.68. The maximum Gasteiger partial charge on any atom is 0.251 e. The van der Waals surface area contributed by atoms with Crippen LogP contribution in [0.3, 0.4) is 0 Å². The first-order chi connectivity index (χ1) is 7.65. The van der Waals surface area contributed by atoms with Crippen molar-refractivity contribution in [3.05, 3.63) is 34.6 Å². The fraction of sp³-hybridized carbons (Fsp3) is 0.364. The lowest BCUT2D eigenvalue weighted by Crippen LogP contribution is -2.24. The summed E-state index contributed by atoms with van der Waals surface area (Å²) in [5.74, 6) is -0.199. The monoisotopic (exact) mass is 263 g/mol. The van der Waals surface area contributed by atoms with Crippen molar-refractivity contribution in [2.75, 3.05) is 12.4 Å². The van der Waals surface area contributed by atoms with Gasteiger partial charge in [-0.15, -0.1) is 11.6 Å². The van der Waals surface area contributed by atoms with E-state index in [-0.39, 0.29) is 10.9 Å². The normalized spacial score (nSPS) is 10.2. The molecule has 0 aromatic heterocycles. The molecule has 0 saturated carbocycles. The van der Waals surface area contributed by atoms with Gasteiger partial charge in [0.05, 0.1) is 5.02 Å². The highest BCUT2D eigenvalue weighted by Crippen LogP contribution is 2.15. The number of hydrogen-bond donors (Lipinski definition) is 1. The van der Waals surface area contributed by atoms with Gasteiger partial charge >= 0.3 is 0 Å². The van der Waals surface area contributed by atoms with E-state index in [0.29, 0.717) is 18.0 Å². The summed E-state index contributed by atoms with van der Waals surface area (Å²) in [7, 11) is 0. The van der Waals surface area contributed by atoms with Crippen molar-refractivity contribution in [3.8, 4) is 0 Å². The molecule has 16 heavy (non-hydrogen) atoms. The zero-order chi connectivity index (χ0) is 12.0. The Kier molecular flexibility index (Phi) is 5.56. The van der Waals surface area contributed by atoms with Gasteiger partial charge in [0.2, 0.25) is 0 Å². The van der Waals surface area contributed by atoms with Crippen molar-refractivity contribution in [3.63, 3.8) is 0 Å². The summed E-state index contributed by atoms with van der Waals surface area (Å²) in [6.45, 7) is 0.556. The third-order valence-electron chi connectivity index (χ3n) is 2.03. The van der Waals surface area contributed by atoms with Gasteiger partial charge in [0, 0.05) is 18.0 Å². The van der Waals surface area contributed by atoms with E-state index in [0.717, 1.165) is 12.8 Å². The minimum Gasteiger partial charge on any atom is -0.352 e. The van der Waals surface area contributed by atoms with Crippen molar-refractivity contribution in [1.82, 2.24) is 5.32 Å². The SMILES string of the molecule is O=C(NCCCCCl)c1ccc(F)c(Cl)c1. The maximum absolute atomic E-state index is 12.8. The highest BCUT2D eigenvalue weighted by Gasteiger charge is 2.07. The standard InChI is InChI=1S/C11H12Cl2FNO/c12-5-1-2-6-15-11(16)8-3-4-10(14)9(13)7-8/h3-4,7H,1-2,5-6H2,(H,15,16). The average molecular weight is 264 g/mol. The van der Waals surface area contributed by atoms with Gasteiger partial charge in [-0.3, -0.25) is 4.79 Å². The third-order valence-corrected chi connectivity index (χ3v) is 2.58. The van der Waals surface area contributed by atoms with Gasteiger partial charge in [0.25, 0.3) is 5.91 Å². The first-order valence-corrected chi connectivity index (χ1v) is 5.85. The molecule has 1 aromatic carbocycles. The molecule has 88 valence electrons. The van der Waals surface area contributed by atoms with Crippen molar-refractivity contribution in [2.24, 2.45) is 0 Å². The van der Waals surface area contributed by atoms with E-state index in [1.807, 2.05) is 0 Å². The molecule has 0 spiro atoms. The van der Waals surface area contributed by atoms with Crippen LogP contribution < -0.4 is 5.32 Å². The highest BCUT2D eigenvalue weighted by atomic mass is 35.5. The number of rotatable bonds is 5. The second-order valence-corrected chi connectivity index (χ2v) is 4.07. The average Bonchev–Trinajstić information content (AvgIpc) is 2.28. The summed E-state index contributed by atoms with van der Waals surface area (Å²) >= 11 is 11.1. The van der Waals surface area contributed by atoms with Crippen LogP contribution in [0.15, 0.2) is 18.2 Å². The van der Waals surface area contributed by atoms with E-state index < -0.39 is 5.82 Å². The summed E-state index contributed by atoms with van der Waals surface area (Å²) < 4.78 is 12.8. The molecule has 1 N–H and O–H groups in total. The van der Waals surface area contributed by atoms with Gasteiger partial charge in [-0.25, -0.2) is 4.39 Å². The van der Waals surface area contributed by atoms with E-state index in [2.05, 4.69) is 5.32 Å². The Morgan fingerprint density at radius 1 is 1.38 bits per heavy atom. The Hall–Kier alpha value is -0.800. The van der Waals surface area contributed by atoms with E-state index >= 15 is 0 Å². The van der Waals surface area contributed by atoms with Crippen LogP contribution in [0.1, 0.15) is 23.2 Å². The molecule has 0 aliphatic heterocycles. The van der Waals surface area contributed by atoms with E-state index in [1.54, 1.807) is 0 Å². The summed E-state index contributed by atoms with van der Waals surface area (Å²) in [4.78, 5) is 11.5. The Morgan fingerprint density at radius 3 is 2.75 bits per heavy atom. The molecule has 0 heterocycles. The lowest BCUT2D eigenvalue weighted by Gasteiger charge is -2.05. The number of amides is 1. The number of unbranched alkanes of at least 4 members (excludes halogenated alkanes) is 1.